The maximum Gasteiger partial charge on any atom is 0.00362 e. The molecule has 0 amide bonds. The van der Waals surface area contributed by atoms with Crippen LogP contribution >= 0.6 is 0 Å². The molecule has 0 bridgehead atoms. The quantitative estimate of drug-likeness (QED) is 0.455. The molecule has 2 N–H and O–H groups in total. The molecular formula is C12H27NNa. The Morgan fingerprint density at radius 1 is 0.857 bits per heavy atom. The van der Waals surface area contributed by atoms with E-state index in [0.717, 1.165) is 6.42 Å². The number of hydrogen-bond acceptors (Lipinski definition) is 1. The Morgan fingerprint density at radius 2 is 1.36 bits per heavy atom. The summed E-state index contributed by atoms with van der Waals surface area (Å²) in [5.41, 5.74) is 5.84. The van der Waals surface area contributed by atoms with Crippen LogP contribution in [0.25, 0.3) is 0 Å². The van der Waals surface area contributed by atoms with Crippen molar-refractivity contribution in [2.45, 2.75) is 77.7 Å². The van der Waals surface area contributed by atoms with Gasteiger partial charge in [0.2, 0.25) is 0 Å². The molecule has 14 heavy (non-hydrogen) atoms. The second-order valence-electron chi connectivity index (χ2n) is 4.08. The zero-order valence-electron chi connectivity index (χ0n) is 10.5. The smallest absolute Gasteiger partial charge is 0.00362 e. The van der Waals surface area contributed by atoms with Crippen molar-refractivity contribution in [1.82, 2.24) is 0 Å². The molecule has 0 heterocycles. The van der Waals surface area contributed by atoms with Crippen molar-refractivity contribution in [3.63, 3.8) is 0 Å². The van der Waals surface area contributed by atoms with E-state index in [-0.39, 0.29) is 29.6 Å². The Kier molecular flexibility index (Phi) is 17.3. The summed E-state index contributed by atoms with van der Waals surface area (Å²) in [7, 11) is 0. The largest absolute Gasteiger partial charge is 0.328 e. The Hall–Kier alpha value is 0.960. The van der Waals surface area contributed by atoms with E-state index in [4.69, 9.17) is 5.73 Å². The molecule has 1 atom stereocenters. The first kappa shape index (κ1) is 17.4. The minimum absolute atomic E-state index is 0. The zero-order chi connectivity index (χ0) is 9.94. The van der Waals surface area contributed by atoms with E-state index in [1.54, 1.807) is 0 Å². The summed E-state index contributed by atoms with van der Waals surface area (Å²) < 4.78 is 0. The van der Waals surface area contributed by atoms with Gasteiger partial charge < -0.3 is 5.73 Å². The molecule has 0 aliphatic carbocycles. The third kappa shape index (κ3) is 13.0. The van der Waals surface area contributed by atoms with E-state index < -0.39 is 0 Å². The fourth-order valence-corrected chi connectivity index (χ4v) is 1.57. The Labute approximate surface area is 113 Å². The Balaban J connectivity index is 0. The third-order valence-electron chi connectivity index (χ3n) is 2.70. The Bertz CT molecular complexity index is 96.3. The van der Waals surface area contributed by atoms with Gasteiger partial charge in [0.25, 0.3) is 0 Å². The van der Waals surface area contributed by atoms with Gasteiger partial charge in [-0.15, -0.1) is 0 Å². The number of hydrogen-bond donors (Lipinski definition) is 1. The molecule has 0 aliphatic rings. The molecule has 1 nitrogen and oxygen atoms in total. The van der Waals surface area contributed by atoms with E-state index in [1.807, 2.05) is 0 Å². The molecule has 0 aromatic rings. The summed E-state index contributed by atoms with van der Waals surface area (Å²) >= 11 is 0. The minimum atomic E-state index is 0. The van der Waals surface area contributed by atoms with E-state index >= 15 is 0 Å². The van der Waals surface area contributed by atoms with Crippen LogP contribution in [-0.4, -0.2) is 35.6 Å². The van der Waals surface area contributed by atoms with Crippen LogP contribution in [-0.2, 0) is 0 Å². The van der Waals surface area contributed by atoms with E-state index in [1.165, 1.54) is 51.4 Å². The molecule has 0 spiro atoms. The molecule has 0 fully saturated rings. The van der Waals surface area contributed by atoms with E-state index in [9.17, 15) is 0 Å². The molecule has 0 saturated heterocycles. The van der Waals surface area contributed by atoms with Crippen LogP contribution in [0.1, 0.15) is 71.6 Å². The van der Waals surface area contributed by atoms with Gasteiger partial charge in [0.15, 0.2) is 0 Å². The molecule has 1 unspecified atom stereocenters. The second-order valence-corrected chi connectivity index (χ2v) is 4.08. The molecule has 0 saturated carbocycles. The molecule has 2 heteroatoms. The van der Waals surface area contributed by atoms with Crippen LogP contribution in [0.4, 0.5) is 0 Å². The van der Waals surface area contributed by atoms with Gasteiger partial charge >= 0.3 is 0 Å². The van der Waals surface area contributed by atoms with Gasteiger partial charge in [-0.05, 0) is 12.8 Å². The van der Waals surface area contributed by atoms with Gasteiger partial charge in [-0.1, -0.05) is 58.8 Å². The molecular weight excluding hydrogens is 181 g/mol. The van der Waals surface area contributed by atoms with Crippen LogP contribution in [0.15, 0.2) is 0 Å². The SMILES string of the molecule is CCCCCCCCCC(N)CC.[Na]. The summed E-state index contributed by atoms with van der Waals surface area (Å²) in [6.07, 6.45) is 12.1. The number of rotatable bonds is 9. The first-order valence-electron chi connectivity index (χ1n) is 6.06. The predicted octanol–water partition coefficient (Wildman–Crippen LogP) is 3.48. The minimum Gasteiger partial charge on any atom is -0.328 e. The average Bonchev–Trinajstić information content (AvgIpc) is 2.16. The fraction of sp³-hybridized carbons (Fsp3) is 1.00. The van der Waals surface area contributed by atoms with Crippen molar-refractivity contribution in [1.29, 1.82) is 0 Å². The number of nitrogens with two attached hydrogens (primary N) is 1. The van der Waals surface area contributed by atoms with Gasteiger partial charge in [0.1, 0.15) is 0 Å². The first-order valence-corrected chi connectivity index (χ1v) is 6.06. The first-order chi connectivity index (χ1) is 6.31. The molecule has 81 valence electrons. The van der Waals surface area contributed by atoms with Crippen molar-refractivity contribution in [2.24, 2.45) is 5.73 Å². The van der Waals surface area contributed by atoms with Crippen molar-refractivity contribution in [3.8, 4) is 0 Å². The van der Waals surface area contributed by atoms with Crippen molar-refractivity contribution >= 4 is 29.6 Å². The normalized spacial score (nSPS) is 12.2. The fourth-order valence-electron chi connectivity index (χ4n) is 1.57. The summed E-state index contributed by atoms with van der Waals surface area (Å²) in [6, 6.07) is 0.454. The molecule has 0 aromatic heterocycles. The number of unbranched alkanes of at least 4 members (excludes halogenated alkanes) is 6. The van der Waals surface area contributed by atoms with Crippen LogP contribution in [0, 0.1) is 0 Å². The van der Waals surface area contributed by atoms with Crippen LogP contribution in [0.5, 0.6) is 0 Å². The Morgan fingerprint density at radius 3 is 1.86 bits per heavy atom. The molecule has 0 rings (SSSR count). The van der Waals surface area contributed by atoms with Crippen molar-refractivity contribution in [2.75, 3.05) is 0 Å². The zero-order valence-corrected chi connectivity index (χ0v) is 12.5. The van der Waals surface area contributed by atoms with Crippen molar-refractivity contribution < 1.29 is 0 Å². The summed E-state index contributed by atoms with van der Waals surface area (Å²) in [6.45, 7) is 4.44. The van der Waals surface area contributed by atoms with E-state index in [0.29, 0.717) is 6.04 Å². The van der Waals surface area contributed by atoms with Crippen LogP contribution < -0.4 is 5.73 Å². The molecule has 0 aromatic carbocycles. The second kappa shape index (κ2) is 14.0. The van der Waals surface area contributed by atoms with E-state index in [2.05, 4.69) is 13.8 Å². The average molecular weight is 208 g/mol. The standard InChI is InChI=1S/C12H27N.Na/c1-3-5-6-7-8-9-10-11-12(13)4-2;/h12H,3-11,13H2,1-2H3;. The molecule has 1 radical (unpaired) electrons. The summed E-state index contributed by atoms with van der Waals surface area (Å²) in [5.74, 6) is 0. The summed E-state index contributed by atoms with van der Waals surface area (Å²) in [4.78, 5) is 0. The van der Waals surface area contributed by atoms with Gasteiger partial charge in [-0.3, -0.25) is 0 Å². The van der Waals surface area contributed by atoms with Crippen molar-refractivity contribution in [3.05, 3.63) is 0 Å². The van der Waals surface area contributed by atoms with Gasteiger partial charge in [0, 0.05) is 35.6 Å². The molecule has 0 aliphatic heterocycles. The van der Waals surface area contributed by atoms with Gasteiger partial charge in [0.05, 0.1) is 0 Å². The maximum absolute atomic E-state index is 5.84. The summed E-state index contributed by atoms with van der Waals surface area (Å²) in [5, 5.41) is 0. The topological polar surface area (TPSA) is 26.0 Å². The van der Waals surface area contributed by atoms with Gasteiger partial charge in [-0.25, -0.2) is 0 Å². The van der Waals surface area contributed by atoms with Crippen LogP contribution in [0.3, 0.4) is 0 Å². The van der Waals surface area contributed by atoms with Gasteiger partial charge in [-0.2, -0.15) is 0 Å². The maximum atomic E-state index is 5.84. The third-order valence-corrected chi connectivity index (χ3v) is 2.70. The van der Waals surface area contributed by atoms with Crippen LogP contribution in [0.2, 0.25) is 0 Å². The predicted molar refractivity (Wildman–Crippen MR) is 66.6 cm³/mol. The monoisotopic (exact) mass is 208 g/mol.